The lowest BCUT2D eigenvalue weighted by Crippen LogP contribution is -2.09. The zero-order chi connectivity index (χ0) is 21.0. The first-order valence-corrected chi connectivity index (χ1v) is 10.7. The molecule has 0 atom stereocenters. The second kappa shape index (κ2) is 9.09. The van der Waals surface area contributed by atoms with Crippen molar-refractivity contribution in [3.05, 3.63) is 58.5 Å². The number of carboxylic acid groups (broad SMARTS) is 1. The van der Waals surface area contributed by atoms with Crippen LogP contribution in [0.2, 0.25) is 0 Å². The summed E-state index contributed by atoms with van der Waals surface area (Å²) < 4.78 is 44.4. The van der Waals surface area contributed by atoms with Gasteiger partial charge in [-0.3, -0.25) is 0 Å². The molecule has 0 unspecified atom stereocenters. The number of thioether (sulfide) groups is 1. The van der Waals surface area contributed by atoms with Crippen molar-refractivity contribution >= 4 is 39.2 Å². The second-order valence-electron chi connectivity index (χ2n) is 6.52. The summed E-state index contributed by atoms with van der Waals surface area (Å²) in [5.74, 6) is 0.413. The van der Waals surface area contributed by atoms with Crippen LogP contribution in [-0.4, -0.2) is 23.4 Å². The minimum atomic E-state index is -4.32. The van der Waals surface area contributed by atoms with Gasteiger partial charge in [-0.05, 0) is 72.9 Å². The molecule has 0 amide bonds. The zero-order valence-corrected chi connectivity index (χ0v) is 17.2. The van der Waals surface area contributed by atoms with Crippen LogP contribution in [0.3, 0.4) is 0 Å². The van der Waals surface area contributed by atoms with Gasteiger partial charge in [0.05, 0.1) is 5.56 Å². The number of hydrogen-bond donors (Lipinski definition) is 1. The van der Waals surface area contributed by atoms with Gasteiger partial charge in [0.2, 0.25) is 0 Å². The van der Waals surface area contributed by atoms with Crippen LogP contribution in [0, 0.1) is 6.92 Å². The normalized spacial score (nSPS) is 11.7. The molecule has 0 spiro atoms. The van der Waals surface area contributed by atoms with Gasteiger partial charge in [0.1, 0.15) is 5.75 Å². The summed E-state index contributed by atoms with van der Waals surface area (Å²) in [5.41, 5.74) is 0.265. The fourth-order valence-electron chi connectivity index (χ4n) is 2.84. The quantitative estimate of drug-likeness (QED) is 0.324. The van der Waals surface area contributed by atoms with Gasteiger partial charge >= 0.3 is 12.1 Å². The van der Waals surface area contributed by atoms with E-state index in [2.05, 4.69) is 0 Å². The standard InChI is InChI=1S/C21H19F3O3S2/c1-13-9-16(6-7-18(13)27-12-20(25)26)28-8-2-3-17-10-14-4-5-15(21(22,23)24)11-19(14)29-17/h4-7,9-11H,2-3,8,12H2,1H3,(H,25,26). The lowest BCUT2D eigenvalue weighted by atomic mass is 10.1. The van der Waals surface area contributed by atoms with E-state index in [4.69, 9.17) is 9.84 Å². The number of aliphatic carboxylic acids is 1. The predicted molar refractivity (Wildman–Crippen MR) is 110 cm³/mol. The highest BCUT2D eigenvalue weighted by molar-refractivity contribution is 7.99. The smallest absolute Gasteiger partial charge is 0.416 e. The predicted octanol–water partition coefficient (Wildman–Crippen LogP) is 6.42. The Hall–Kier alpha value is -2.19. The fraction of sp³-hybridized carbons (Fsp3) is 0.286. The van der Waals surface area contributed by atoms with Gasteiger partial charge in [-0.15, -0.1) is 23.1 Å². The summed E-state index contributed by atoms with van der Waals surface area (Å²) in [4.78, 5) is 12.7. The number of carbonyl (C=O) groups is 1. The third-order valence-corrected chi connectivity index (χ3v) is 6.47. The maximum absolute atomic E-state index is 12.8. The third-order valence-electron chi connectivity index (χ3n) is 4.23. The van der Waals surface area contributed by atoms with Gasteiger partial charge < -0.3 is 9.84 Å². The van der Waals surface area contributed by atoms with Crippen LogP contribution < -0.4 is 4.74 Å². The number of aryl methyl sites for hydroxylation is 2. The Morgan fingerprint density at radius 2 is 1.97 bits per heavy atom. The van der Waals surface area contributed by atoms with Crippen LogP contribution in [0.25, 0.3) is 10.1 Å². The van der Waals surface area contributed by atoms with E-state index in [1.165, 1.54) is 23.5 Å². The Balaban J connectivity index is 1.52. The van der Waals surface area contributed by atoms with Crippen molar-refractivity contribution in [1.29, 1.82) is 0 Å². The average Bonchev–Trinajstić information content (AvgIpc) is 3.05. The van der Waals surface area contributed by atoms with E-state index in [1.807, 2.05) is 25.1 Å². The molecule has 154 valence electrons. The first kappa shape index (κ1) is 21.5. The molecule has 3 rings (SSSR count). The minimum Gasteiger partial charge on any atom is -0.482 e. The highest BCUT2D eigenvalue weighted by atomic mass is 32.2. The summed E-state index contributed by atoms with van der Waals surface area (Å²) in [5, 5.41) is 9.52. The van der Waals surface area contributed by atoms with E-state index >= 15 is 0 Å². The second-order valence-corrected chi connectivity index (χ2v) is 8.86. The van der Waals surface area contributed by atoms with Gasteiger partial charge in [0.15, 0.2) is 6.61 Å². The summed E-state index contributed by atoms with van der Waals surface area (Å²) in [6.07, 6.45) is -2.60. The van der Waals surface area contributed by atoms with Crippen molar-refractivity contribution in [2.75, 3.05) is 12.4 Å². The lowest BCUT2D eigenvalue weighted by molar-refractivity contribution is -0.139. The summed E-state index contributed by atoms with van der Waals surface area (Å²) >= 11 is 3.10. The molecule has 0 aliphatic heterocycles. The molecule has 0 aliphatic carbocycles. The lowest BCUT2D eigenvalue weighted by Gasteiger charge is -2.09. The Bertz CT molecular complexity index is 1010. The van der Waals surface area contributed by atoms with E-state index in [0.29, 0.717) is 10.4 Å². The molecule has 3 aromatic rings. The molecule has 0 aliphatic rings. The van der Waals surface area contributed by atoms with Crippen molar-refractivity contribution in [1.82, 2.24) is 0 Å². The molecule has 3 nitrogen and oxygen atoms in total. The Morgan fingerprint density at radius 1 is 1.17 bits per heavy atom. The zero-order valence-electron chi connectivity index (χ0n) is 15.6. The number of thiophene rings is 1. The van der Waals surface area contributed by atoms with Gasteiger partial charge in [-0.25, -0.2) is 4.79 Å². The van der Waals surface area contributed by atoms with Crippen LogP contribution in [-0.2, 0) is 17.4 Å². The fourth-order valence-corrected chi connectivity index (χ4v) is 4.93. The van der Waals surface area contributed by atoms with E-state index in [-0.39, 0.29) is 6.61 Å². The first-order valence-electron chi connectivity index (χ1n) is 8.90. The van der Waals surface area contributed by atoms with Crippen LogP contribution in [0.15, 0.2) is 47.4 Å². The molecule has 0 saturated carbocycles. The number of carboxylic acids is 1. The molecule has 29 heavy (non-hydrogen) atoms. The summed E-state index contributed by atoms with van der Waals surface area (Å²) in [6.45, 7) is 1.50. The maximum atomic E-state index is 12.8. The topological polar surface area (TPSA) is 46.5 Å². The van der Waals surface area contributed by atoms with E-state index in [9.17, 15) is 18.0 Å². The van der Waals surface area contributed by atoms with Gasteiger partial charge in [-0.2, -0.15) is 13.2 Å². The Labute approximate surface area is 174 Å². The molecule has 1 heterocycles. The molecular weight excluding hydrogens is 421 g/mol. The van der Waals surface area contributed by atoms with Gasteiger partial charge in [0.25, 0.3) is 0 Å². The highest BCUT2D eigenvalue weighted by Gasteiger charge is 2.30. The van der Waals surface area contributed by atoms with Crippen molar-refractivity contribution in [3.8, 4) is 5.75 Å². The van der Waals surface area contributed by atoms with Crippen LogP contribution in [0.5, 0.6) is 5.75 Å². The van der Waals surface area contributed by atoms with E-state index < -0.39 is 17.7 Å². The number of rotatable bonds is 8. The van der Waals surface area contributed by atoms with Gasteiger partial charge in [-0.1, -0.05) is 6.07 Å². The number of ether oxygens (including phenoxy) is 1. The number of hydrogen-bond acceptors (Lipinski definition) is 4. The average molecular weight is 441 g/mol. The molecule has 0 saturated heterocycles. The minimum absolute atomic E-state index is 0.368. The molecule has 2 aromatic carbocycles. The summed E-state index contributed by atoms with van der Waals surface area (Å²) in [7, 11) is 0. The molecule has 0 fully saturated rings. The maximum Gasteiger partial charge on any atom is 0.416 e. The Morgan fingerprint density at radius 3 is 2.66 bits per heavy atom. The Kier molecular flexibility index (Phi) is 6.74. The number of benzene rings is 2. The van der Waals surface area contributed by atoms with Crippen LogP contribution >= 0.6 is 23.1 Å². The SMILES string of the molecule is Cc1cc(SCCCc2cc3ccc(C(F)(F)F)cc3s2)ccc1OCC(=O)O. The number of alkyl halides is 3. The highest BCUT2D eigenvalue weighted by Crippen LogP contribution is 2.35. The van der Waals surface area contributed by atoms with Crippen LogP contribution in [0.4, 0.5) is 13.2 Å². The monoisotopic (exact) mass is 440 g/mol. The molecule has 0 bridgehead atoms. The molecule has 0 radical (unpaired) electrons. The third kappa shape index (κ3) is 5.90. The van der Waals surface area contributed by atoms with Gasteiger partial charge in [0, 0.05) is 14.5 Å². The van der Waals surface area contributed by atoms with Crippen molar-refractivity contribution in [2.45, 2.75) is 30.8 Å². The molecule has 8 heteroatoms. The first-order chi connectivity index (χ1) is 13.7. The van der Waals surface area contributed by atoms with Crippen LogP contribution in [0.1, 0.15) is 22.4 Å². The molecule has 1 aromatic heterocycles. The molecule has 1 N–H and O–H groups in total. The van der Waals surface area contributed by atoms with E-state index in [0.717, 1.165) is 45.4 Å². The number of halogens is 3. The largest absolute Gasteiger partial charge is 0.482 e. The molecular formula is C21H19F3O3S2. The van der Waals surface area contributed by atoms with E-state index in [1.54, 1.807) is 17.8 Å². The van der Waals surface area contributed by atoms with Crippen molar-refractivity contribution in [2.24, 2.45) is 0 Å². The number of fused-ring (bicyclic) bond motifs is 1. The summed E-state index contributed by atoms with van der Waals surface area (Å²) in [6, 6.07) is 11.5. The van der Waals surface area contributed by atoms with Crippen molar-refractivity contribution < 1.29 is 27.8 Å². The van der Waals surface area contributed by atoms with Crippen molar-refractivity contribution in [3.63, 3.8) is 0 Å².